The summed E-state index contributed by atoms with van der Waals surface area (Å²) < 4.78 is 23.9. The molecule has 3 fully saturated rings. The summed E-state index contributed by atoms with van der Waals surface area (Å²) in [6.07, 6.45) is 7.62. The lowest BCUT2D eigenvalue weighted by Crippen LogP contribution is -2.54. The fourth-order valence-electron chi connectivity index (χ4n) is 6.35. The normalized spacial score (nSPS) is 22.4. The smallest absolute Gasteiger partial charge is 0.215 e. The number of ether oxygens (including phenoxy) is 4. The Labute approximate surface area is 264 Å². The number of nitrogens with two attached hydrogens (primary N) is 1. The van der Waals surface area contributed by atoms with Gasteiger partial charge in [-0.2, -0.15) is 0 Å². The molecule has 2 unspecified atom stereocenters. The molecule has 0 spiro atoms. The van der Waals surface area contributed by atoms with Crippen molar-refractivity contribution < 1.29 is 18.9 Å². The third-order valence-electron chi connectivity index (χ3n) is 8.48. The van der Waals surface area contributed by atoms with Gasteiger partial charge in [0, 0.05) is 68.6 Å². The second-order valence-corrected chi connectivity index (χ2v) is 12.2. The Bertz CT molecular complexity index is 1590. The van der Waals surface area contributed by atoms with Gasteiger partial charge in [-0.1, -0.05) is 12.1 Å². The first-order chi connectivity index (χ1) is 21.5. The van der Waals surface area contributed by atoms with Crippen molar-refractivity contribution in [3.05, 3.63) is 71.6 Å². The maximum atomic E-state index is 6.40. The minimum Gasteiger partial charge on any atom is -0.489 e. The largest absolute Gasteiger partial charge is 0.489 e. The molecule has 7 rings (SSSR count). The Kier molecular flexibility index (Phi) is 8.09. The molecule has 5 heterocycles. The summed E-state index contributed by atoms with van der Waals surface area (Å²) >= 11 is 3.35. The first kappa shape index (κ1) is 28.6. The third kappa shape index (κ3) is 5.96. The molecule has 12 heteroatoms. The van der Waals surface area contributed by atoms with Crippen LogP contribution in [-0.4, -0.2) is 71.4 Å². The van der Waals surface area contributed by atoms with Gasteiger partial charge in [-0.05, 0) is 65.2 Å². The Morgan fingerprint density at radius 1 is 0.932 bits per heavy atom. The van der Waals surface area contributed by atoms with Gasteiger partial charge < -0.3 is 34.5 Å². The zero-order chi connectivity index (χ0) is 30.0. The molecule has 0 radical (unpaired) electrons. The van der Waals surface area contributed by atoms with E-state index in [0.29, 0.717) is 35.2 Å². The molecular weight excluding hydrogens is 626 g/mol. The predicted octanol–water partition coefficient (Wildman–Crippen LogP) is 5.11. The number of hydrogen-bond acceptors (Lipinski definition) is 11. The van der Waals surface area contributed by atoms with Crippen molar-refractivity contribution in [3.63, 3.8) is 0 Å². The Morgan fingerprint density at radius 2 is 1.73 bits per heavy atom. The average molecular weight is 661 g/mol. The van der Waals surface area contributed by atoms with Crippen molar-refractivity contribution in [2.45, 2.75) is 50.0 Å². The number of nitrogens with zero attached hydrogens (tertiary/aromatic N) is 6. The number of aromatic nitrogens is 4. The fraction of sp³-hybridized carbons (Fsp3) is 0.375. The molecule has 2 N–H and O–H groups in total. The second kappa shape index (κ2) is 12.4. The van der Waals surface area contributed by atoms with Crippen LogP contribution in [0.25, 0.3) is 11.3 Å². The number of piperazine rings is 1. The molecule has 0 amide bonds. The van der Waals surface area contributed by atoms with Crippen molar-refractivity contribution in [1.29, 1.82) is 0 Å². The van der Waals surface area contributed by atoms with Gasteiger partial charge in [0.05, 0.1) is 17.6 Å². The number of fused-ring (bicyclic) bond motifs is 2. The number of nitrogen functional groups attached to an aromatic ring is 1. The number of pyridine rings is 2. The third-order valence-corrected chi connectivity index (χ3v) is 8.95. The summed E-state index contributed by atoms with van der Waals surface area (Å²) in [5.41, 5.74) is 9.99. The Balaban J connectivity index is 1.01. The molecule has 1 aliphatic carbocycles. The van der Waals surface area contributed by atoms with E-state index >= 15 is 0 Å². The number of halogens is 1. The quantitative estimate of drug-likeness (QED) is 0.181. The van der Waals surface area contributed by atoms with Crippen LogP contribution in [0.1, 0.15) is 25.7 Å². The maximum absolute atomic E-state index is 6.40. The van der Waals surface area contributed by atoms with E-state index in [-0.39, 0.29) is 19.0 Å². The standard InChI is InChI=1S/C32H34BrN7O4/c1-41-19-42-29-5-3-2-4-26(29)27-15-28(32(34)38-37-27)39-17-21-6-7-22(18-39)40(21)20-10-11-35-31(12-20)44-25-13-24(14-25)43-23-8-9-30(33)36-16-23/h2-5,8-12,15-16,21-22,24-25H,6-7,13-14,17-19H2,1H3,(H2,34,38)/t21?,22?,24-,25-. The molecule has 2 bridgehead atoms. The summed E-state index contributed by atoms with van der Waals surface area (Å²) in [4.78, 5) is 13.6. The van der Waals surface area contributed by atoms with E-state index in [9.17, 15) is 0 Å². The van der Waals surface area contributed by atoms with Crippen molar-refractivity contribution in [2.75, 3.05) is 42.5 Å². The van der Waals surface area contributed by atoms with Crippen molar-refractivity contribution in [2.24, 2.45) is 0 Å². The maximum Gasteiger partial charge on any atom is 0.215 e. The molecule has 2 atom stereocenters. The minimum absolute atomic E-state index is 0.0844. The van der Waals surface area contributed by atoms with Gasteiger partial charge in [0.15, 0.2) is 12.6 Å². The second-order valence-electron chi connectivity index (χ2n) is 11.4. The Morgan fingerprint density at radius 3 is 2.50 bits per heavy atom. The van der Waals surface area contributed by atoms with E-state index in [4.69, 9.17) is 24.7 Å². The lowest BCUT2D eigenvalue weighted by Gasteiger charge is -2.43. The highest BCUT2D eigenvalue weighted by Gasteiger charge is 2.41. The first-order valence-corrected chi connectivity index (χ1v) is 15.6. The molecule has 3 aromatic heterocycles. The number of para-hydroxylation sites is 1. The molecule has 1 saturated carbocycles. The topological polar surface area (TPSA) is 121 Å². The zero-order valence-corrected chi connectivity index (χ0v) is 26.0. The number of hydrogen-bond donors (Lipinski definition) is 1. The van der Waals surface area contributed by atoms with E-state index in [2.05, 4.69) is 58.0 Å². The molecule has 11 nitrogen and oxygen atoms in total. The highest BCUT2D eigenvalue weighted by molar-refractivity contribution is 9.10. The lowest BCUT2D eigenvalue weighted by atomic mass is 9.92. The molecule has 44 heavy (non-hydrogen) atoms. The summed E-state index contributed by atoms with van der Waals surface area (Å²) in [7, 11) is 1.60. The SMILES string of the molecule is COCOc1ccccc1-c1cc(N2CC3CCC(C2)N3c2ccnc(O[C@H]3C[C@H](Oc4ccc(Br)nc4)C3)c2)c(N)nn1. The van der Waals surface area contributed by atoms with Gasteiger partial charge in [0.2, 0.25) is 5.88 Å². The molecule has 2 aliphatic heterocycles. The van der Waals surface area contributed by atoms with Crippen LogP contribution in [0.2, 0.25) is 0 Å². The summed E-state index contributed by atoms with van der Waals surface area (Å²) in [6.45, 7) is 1.82. The van der Waals surface area contributed by atoms with Crippen LogP contribution in [0.15, 0.2) is 71.6 Å². The van der Waals surface area contributed by atoms with E-state index in [1.54, 1.807) is 13.3 Å². The van der Waals surface area contributed by atoms with E-state index in [1.807, 2.05) is 48.7 Å². The molecule has 3 aliphatic rings. The monoisotopic (exact) mass is 659 g/mol. The van der Waals surface area contributed by atoms with Gasteiger partial charge in [-0.15, -0.1) is 10.2 Å². The number of benzene rings is 1. The van der Waals surface area contributed by atoms with Crippen molar-refractivity contribution in [3.8, 4) is 28.6 Å². The minimum atomic E-state index is 0.0844. The lowest BCUT2D eigenvalue weighted by molar-refractivity contribution is 0.00210. The molecule has 4 aromatic rings. The summed E-state index contributed by atoms with van der Waals surface area (Å²) in [6, 6.07) is 18.4. The van der Waals surface area contributed by atoms with E-state index in [0.717, 1.165) is 66.1 Å². The van der Waals surface area contributed by atoms with Gasteiger partial charge in [0.25, 0.3) is 0 Å². The highest BCUT2D eigenvalue weighted by atomic mass is 79.9. The van der Waals surface area contributed by atoms with Crippen LogP contribution in [0.5, 0.6) is 17.4 Å². The molecule has 2 saturated heterocycles. The van der Waals surface area contributed by atoms with Crippen LogP contribution >= 0.6 is 15.9 Å². The van der Waals surface area contributed by atoms with Crippen LogP contribution in [0.4, 0.5) is 17.2 Å². The molecule has 1 aromatic carbocycles. The number of methoxy groups -OCH3 is 1. The Hall–Kier alpha value is -4.16. The zero-order valence-electron chi connectivity index (χ0n) is 24.4. The molecule has 228 valence electrons. The van der Waals surface area contributed by atoms with Crippen LogP contribution < -0.4 is 29.7 Å². The fourth-order valence-corrected chi connectivity index (χ4v) is 6.59. The summed E-state index contributed by atoms with van der Waals surface area (Å²) in [5, 5.41) is 8.73. The molecular formula is C32H34BrN7O4. The van der Waals surface area contributed by atoms with Crippen LogP contribution in [0, 0.1) is 0 Å². The number of anilines is 3. The average Bonchev–Trinajstić information content (AvgIpc) is 3.29. The predicted molar refractivity (Wildman–Crippen MR) is 170 cm³/mol. The number of rotatable bonds is 10. The van der Waals surface area contributed by atoms with Gasteiger partial charge in [-0.25, -0.2) is 9.97 Å². The van der Waals surface area contributed by atoms with Crippen molar-refractivity contribution >= 4 is 33.1 Å². The summed E-state index contributed by atoms with van der Waals surface area (Å²) in [5.74, 6) is 2.54. The van der Waals surface area contributed by atoms with Gasteiger partial charge in [-0.3, -0.25) is 0 Å². The van der Waals surface area contributed by atoms with Gasteiger partial charge in [0.1, 0.15) is 28.3 Å². The van der Waals surface area contributed by atoms with Crippen molar-refractivity contribution in [1.82, 2.24) is 20.2 Å². The van der Waals surface area contributed by atoms with E-state index in [1.165, 1.54) is 0 Å². The van der Waals surface area contributed by atoms with E-state index < -0.39 is 0 Å². The van der Waals surface area contributed by atoms with Crippen LogP contribution in [0.3, 0.4) is 0 Å². The van der Waals surface area contributed by atoms with Crippen LogP contribution in [-0.2, 0) is 4.74 Å². The highest BCUT2D eigenvalue weighted by Crippen LogP contribution is 2.40. The first-order valence-electron chi connectivity index (χ1n) is 14.8. The van der Waals surface area contributed by atoms with Gasteiger partial charge >= 0.3 is 0 Å².